The predicted octanol–water partition coefficient (Wildman–Crippen LogP) is 2.66. The number of hydrogen-bond acceptors (Lipinski definition) is 3. The highest BCUT2D eigenvalue weighted by Crippen LogP contribution is 2.32. The number of benzene rings is 1. The van der Waals surface area contributed by atoms with Crippen LogP contribution in [0.25, 0.3) is 5.76 Å². The van der Waals surface area contributed by atoms with Gasteiger partial charge in [-0.2, -0.15) is 0 Å². The van der Waals surface area contributed by atoms with Crippen LogP contribution in [0.5, 0.6) is 0 Å². The van der Waals surface area contributed by atoms with Crippen LogP contribution in [-0.2, 0) is 4.79 Å². The molecule has 0 amide bonds. The Morgan fingerprint density at radius 2 is 1.80 bits per heavy atom. The van der Waals surface area contributed by atoms with Crippen molar-refractivity contribution in [2.24, 2.45) is 0 Å². The van der Waals surface area contributed by atoms with Crippen LogP contribution < -0.4 is 0 Å². The molecule has 1 aliphatic carbocycles. The van der Waals surface area contributed by atoms with Crippen LogP contribution >= 0.6 is 23.2 Å². The Morgan fingerprint density at radius 1 is 1.13 bits per heavy atom. The van der Waals surface area contributed by atoms with Gasteiger partial charge in [-0.3, -0.25) is 9.59 Å². The summed E-state index contributed by atoms with van der Waals surface area (Å²) in [5.74, 6) is -1.80. The molecular weight excluding hydrogens is 239 g/mol. The number of aliphatic hydroxyl groups is 1. The molecule has 15 heavy (non-hydrogen) atoms. The number of carbonyl (C=O) groups excluding carboxylic acids is 2. The molecule has 1 aliphatic rings. The number of rotatable bonds is 0. The Bertz CT molecular complexity index is 518. The van der Waals surface area contributed by atoms with E-state index in [1.54, 1.807) is 0 Å². The second kappa shape index (κ2) is 3.36. The normalized spacial score (nSPS) is 14.9. The minimum Gasteiger partial charge on any atom is -0.507 e. The standard InChI is InChI=1S/C10H4Cl2O3/c11-4-1-5-9(6(12)2-4)7(13)3-8(14)10(5)15/h1-3,13H. The predicted molar refractivity (Wildman–Crippen MR) is 56.4 cm³/mol. The molecule has 76 valence electrons. The monoisotopic (exact) mass is 242 g/mol. The fraction of sp³-hybridized carbons (Fsp3) is 0. The lowest BCUT2D eigenvalue weighted by Gasteiger charge is -2.13. The third-order valence-corrected chi connectivity index (χ3v) is 2.56. The Balaban J connectivity index is 2.80. The molecule has 1 aromatic carbocycles. The van der Waals surface area contributed by atoms with E-state index in [1.807, 2.05) is 0 Å². The van der Waals surface area contributed by atoms with Crippen LogP contribution in [0.1, 0.15) is 15.9 Å². The van der Waals surface area contributed by atoms with E-state index in [1.165, 1.54) is 12.1 Å². The lowest BCUT2D eigenvalue weighted by molar-refractivity contribution is -0.111. The van der Waals surface area contributed by atoms with Gasteiger partial charge in [0.15, 0.2) is 0 Å². The molecule has 1 aromatic rings. The van der Waals surface area contributed by atoms with Gasteiger partial charge in [0.1, 0.15) is 5.76 Å². The van der Waals surface area contributed by atoms with Crippen molar-refractivity contribution >= 4 is 40.5 Å². The highest BCUT2D eigenvalue weighted by atomic mass is 35.5. The summed E-state index contributed by atoms with van der Waals surface area (Å²) in [6.07, 6.45) is 0.852. The van der Waals surface area contributed by atoms with Gasteiger partial charge in [-0.1, -0.05) is 23.2 Å². The number of carbonyl (C=O) groups is 2. The summed E-state index contributed by atoms with van der Waals surface area (Å²) < 4.78 is 0. The van der Waals surface area contributed by atoms with E-state index in [-0.39, 0.29) is 26.9 Å². The molecule has 0 aromatic heterocycles. The first-order valence-corrected chi connectivity index (χ1v) is 4.75. The molecule has 0 fully saturated rings. The number of Topliss-reactive ketones (excluding diaryl/α,β-unsaturated/α-hetero) is 1. The summed E-state index contributed by atoms with van der Waals surface area (Å²) in [5, 5.41) is 9.87. The molecule has 0 saturated carbocycles. The molecule has 5 heteroatoms. The van der Waals surface area contributed by atoms with Crippen molar-refractivity contribution in [3.05, 3.63) is 39.4 Å². The number of ketones is 2. The summed E-state index contributed by atoms with van der Waals surface area (Å²) in [6, 6.07) is 2.71. The number of halogens is 2. The molecule has 2 rings (SSSR count). The molecule has 0 heterocycles. The maximum Gasteiger partial charge on any atom is 0.233 e. The van der Waals surface area contributed by atoms with Crippen molar-refractivity contribution in [3.8, 4) is 0 Å². The maximum absolute atomic E-state index is 11.4. The minimum atomic E-state index is -0.779. The first-order valence-electron chi connectivity index (χ1n) is 3.99. The van der Waals surface area contributed by atoms with Crippen molar-refractivity contribution < 1.29 is 14.7 Å². The largest absolute Gasteiger partial charge is 0.507 e. The molecule has 0 aliphatic heterocycles. The van der Waals surface area contributed by atoms with E-state index in [9.17, 15) is 14.7 Å². The van der Waals surface area contributed by atoms with Crippen LogP contribution in [-0.4, -0.2) is 16.7 Å². The van der Waals surface area contributed by atoms with Gasteiger partial charge < -0.3 is 5.11 Å². The van der Waals surface area contributed by atoms with Crippen molar-refractivity contribution in [2.45, 2.75) is 0 Å². The van der Waals surface area contributed by atoms with Gasteiger partial charge in [-0.25, -0.2) is 0 Å². The van der Waals surface area contributed by atoms with Crippen LogP contribution in [0.2, 0.25) is 10.0 Å². The zero-order valence-corrected chi connectivity index (χ0v) is 8.76. The van der Waals surface area contributed by atoms with E-state index >= 15 is 0 Å². The number of aliphatic hydroxyl groups excluding tert-OH is 1. The number of allylic oxidation sites excluding steroid dienone is 1. The molecule has 0 radical (unpaired) electrons. The second-order valence-electron chi connectivity index (χ2n) is 3.03. The van der Waals surface area contributed by atoms with Gasteiger partial charge in [0.25, 0.3) is 0 Å². The van der Waals surface area contributed by atoms with E-state index in [2.05, 4.69) is 0 Å². The first-order chi connectivity index (χ1) is 7.00. The molecule has 0 bridgehead atoms. The van der Waals surface area contributed by atoms with E-state index < -0.39 is 11.6 Å². The van der Waals surface area contributed by atoms with Crippen LogP contribution in [0, 0.1) is 0 Å². The molecule has 0 spiro atoms. The summed E-state index contributed by atoms with van der Waals surface area (Å²) in [6.45, 7) is 0. The lowest BCUT2D eigenvalue weighted by atomic mass is 9.94. The zero-order chi connectivity index (χ0) is 11.2. The SMILES string of the molecule is O=C1C=C(O)c2c(Cl)cc(Cl)cc2C1=O. The van der Waals surface area contributed by atoms with Crippen molar-refractivity contribution in [3.63, 3.8) is 0 Å². The average Bonchev–Trinajstić information content (AvgIpc) is 2.12. The van der Waals surface area contributed by atoms with E-state index in [0.29, 0.717) is 0 Å². The average molecular weight is 243 g/mol. The van der Waals surface area contributed by atoms with E-state index in [4.69, 9.17) is 23.2 Å². The number of fused-ring (bicyclic) bond motifs is 1. The van der Waals surface area contributed by atoms with Crippen molar-refractivity contribution in [1.82, 2.24) is 0 Å². The molecule has 0 atom stereocenters. The highest BCUT2D eigenvalue weighted by molar-refractivity contribution is 6.51. The third-order valence-electron chi connectivity index (χ3n) is 2.05. The van der Waals surface area contributed by atoms with Gasteiger partial charge >= 0.3 is 0 Å². The molecule has 3 nitrogen and oxygen atoms in total. The topological polar surface area (TPSA) is 54.4 Å². The van der Waals surface area contributed by atoms with Crippen LogP contribution in [0.4, 0.5) is 0 Å². The fourth-order valence-corrected chi connectivity index (χ4v) is 2.00. The van der Waals surface area contributed by atoms with Gasteiger partial charge in [-0.05, 0) is 12.1 Å². The summed E-state index contributed by atoms with van der Waals surface area (Å²) in [5.41, 5.74) is 0.197. The first kappa shape index (κ1) is 10.2. The minimum absolute atomic E-state index is 0.0394. The van der Waals surface area contributed by atoms with Gasteiger partial charge in [0, 0.05) is 22.2 Å². The second-order valence-corrected chi connectivity index (χ2v) is 3.88. The van der Waals surface area contributed by atoms with E-state index in [0.717, 1.165) is 6.08 Å². The summed E-state index contributed by atoms with van der Waals surface area (Å²) >= 11 is 11.5. The highest BCUT2D eigenvalue weighted by Gasteiger charge is 2.27. The number of hydrogen-bond donors (Lipinski definition) is 1. The van der Waals surface area contributed by atoms with Gasteiger partial charge in [0.05, 0.1) is 5.02 Å². The molecule has 0 saturated heterocycles. The van der Waals surface area contributed by atoms with Gasteiger partial charge in [0.2, 0.25) is 11.6 Å². The Labute approximate surface area is 94.9 Å². The Hall–Kier alpha value is -1.32. The van der Waals surface area contributed by atoms with Gasteiger partial charge in [-0.15, -0.1) is 0 Å². The Morgan fingerprint density at radius 3 is 2.47 bits per heavy atom. The quantitative estimate of drug-likeness (QED) is 0.712. The molecule has 0 unspecified atom stereocenters. The third kappa shape index (κ3) is 1.54. The molecule has 1 N–H and O–H groups in total. The smallest absolute Gasteiger partial charge is 0.233 e. The maximum atomic E-state index is 11.4. The van der Waals surface area contributed by atoms with Crippen LogP contribution in [0.3, 0.4) is 0 Å². The van der Waals surface area contributed by atoms with Crippen molar-refractivity contribution in [1.29, 1.82) is 0 Å². The summed E-state index contributed by atoms with van der Waals surface area (Å²) in [4.78, 5) is 22.6. The van der Waals surface area contributed by atoms with Crippen molar-refractivity contribution in [2.75, 3.05) is 0 Å². The Kier molecular flexibility index (Phi) is 2.29. The van der Waals surface area contributed by atoms with Crippen LogP contribution in [0.15, 0.2) is 18.2 Å². The fourth-order valence-electron chi connectivity index (χ4n) is 1.41. The zero-order valence-electron chi connectivity index (χ0n) is 7.25. The lowest BCUT2D eigenvalue weighted by Crippen LogP contribution is -2.18. The molecular formula is C10H4Cl2O3. The summed E-state index contributed by atoms with van der Waals surface area (Å²) in [7, 11) is 0.